The quantitative estimate of drug-likeness (QED) is 0.288. The number of ether oxygens (including phenoxy) is 4. The van der Waals surface area contributed by atoms with E-state index in [4.69, 9.17) is 18.9 Å². The van der Waals surface area contributed by atoms with Crippen LogP contribution in [0.25, 0.3) is 6.08 Å². The minimum absolute atomic E-state index is 0.123. The molecule has 210 valence electrons. The molecule has 2 heterocycles. The standard InChI is InChI=1S/C30H32N2O7S/c1-7-37-24-14-21(12-13-23(24)39-19(5)33)27-26(29(35)38-16-17(2)3)18(4)31-30-32(27)28(34)25(40-30)15-20-10-8-9-11-22(20)36-6/h8-15,17,27H,7,16H2,1-6H3. The Morgan fingerprint density at radius 2 is 1.88 bits per heavy atom. The molecule has 1 aliphatic rings. The van der Waals surface area contributed by atoms with Crippen LogP contribution in [0.2, 0.25) is 0 Å². The van der Waals surface area contributed by atoms with Gasteiger partial charge in [-0.1, -0.05) is 49.4 Å². The van der Waals surface area contributed by atoms with Crippen LogP contribution in [-0.4, -0.2) is 36.8 Å². The van der Waals surface area contributed by atoms with Crippen molar-refractivity contribution in [3.8, 4) is 17.2 Å². The Kier molecular flexibility index (Phi) is 8.89. The highest BCUT2D eigenvalue weighted by molar-refractivity contribution is 7.07. The van der Waals surface area contributed by atoms with Gasteiger partial charge in [-0.05, 0) is 49.6 Å². The molecule has 2 aromatic carbocycles. The lowest BCUT2D eigenvalue weighted by Crippen LogP contribution is -2.40. The van der Waals surface area contributed by atoms with Gasteiger partial charge < -0.3 is 18.9 Å². The Bertz CT molecular complexity index is 1650. The number of fused-ring (bicyclic) bond motifs is 1. The molecule has 40 heavy (non-hydrogen) atoms. The molecule has 0 aliphatic carbocycles. The normalized spacial score (nSPS) is 15.0. The number of rotatable bonds is 9. The number of carbonyl (C=O) groups excluding carboxylic acids is 2. The number of aromatic nitrogens is 1. The number of thiazole rings is 1. The van der Waals surface area contributed by atoms with Gasteiger partial charge in [-0.3, -0.25) is 14.2 Å². The summed E-state index contributed by atoms with van der Waals surface area (Å²) in [7, 11) is 1.57. The molecule has 0 saturated carbocycles. The van der Waals surface area contributed by atoms with Crippen LogP contribution in [0.4, 0.5) is 0 Å². The van der Waals surface area contributed by atoms with E-state index in [-0.39, 0.29) is 29.4 Å². The maximum absolute atomic E-state index is 13.9. The number of methoxy groups -OCH3 is 1. The number of nitrogens with zero attached hydrogens (tertiary/aromatic N) is 2. The Hall–Kier alpha value is -4.18. The van der Waals surface area contributed by atoms with Gasteiger partial charge in [0.2, 0.25) is 0 Å². The average molecular weight is 565 g/mol. The zero-order valence-electron chi connectivity index (χ0n) is 23.3. The van der Waals surface area contributed by atoms with Crippen molar-refractivity contribution < 1.29 is 28.5 Å². The van der Waals surface area contributed by atoms with Gasteiger partial charge in [-0.25, -0.2) is 9.79 Å². The third kappa shape index (κ3) is 6.02. The highest BCUT2D eigenvalue weighted by atomic mass is 32.1. The first-order valence-corrected chi connectivity index (χ1v) is 13.7. The van der Waals surface area contributed by atoms with E-state index in [1.807, 2.05) is 45.0 Å². The van der Waals surface area contributed by atoms with Crippen LogP contribution in [0.3, 0.4) is 0 Å². The summed E-state index contributed by atoms with van der Waals surface area (Å²) in [5.74, 6) is 0.259. The summed E-state index contributed by atoms with van der Waals surface area (Å²) in [5.41, 5.74) is 1.70. The lowest BCUT2D eigenvalue weighted by molar-refractivity contribution is -0.140. The van der Waals surface area contributed by atoms with Crippen LogP contribution in [0.15, 0.2) is 63.5 Å². The van der Waals surface area contributed by atoms with Crippen LogP contribution < -0.4 is 29.1 Å². The number of hydrogen-bond acceptors (Lipinski definition) is 9. The molecule has 3 aromatic rings. The smallest absolute Gasteiger partial charge is 0.338 e. The number of carbonyl (C=O) groups is 2. The first-order valence-electron chi connectivity index (χ1n) is 12.9. The topological polar surface area (TPSA) is 105 Å². The summed E-state index contributed by atoms with van der Waals surface area (Å²) in [6, 6.07) is 11.5. The molecular formula is C30H32N2O7S. The van der Waals surface area contributed by atoms with Crippen molar-refractivity contribution in [1.82, 2.24) is 4.57 Å². The number of allylic oxidation sites excluding steroid dienone is 1. The third-order valence-electron chi connectivity index (χ3n) is 6.05. The molecule has 1 unspecified atom stereocenters. The van der Waals surface area contributed by atoms with E-state index in [9.17, 15) is 14.4 Å². The summed E-state index contributed by atoms with van der Waals surface area (Å²) in [5, 5.41) is 0. The van der Waals surface area contributed by atoms with Crippen LogP contribution in [0, 0.1) is 5.92 Å². The largest absolute Gasteiger partial charge is 0.496 e. The van der Waals surface area contributed by atoms with Gasteiger partial charge in [0.25, 0.3) is 5.56 Å². The molecule has 10 heteroatoms. The van der Waals surface area contributed by atoms with E-state index in [2.05, 4.69) is 4.99 Å². The summed E-state index contributed by atoms with van der Waals surface area (Å²) in [6.07, 6.45) is 1.76. The Morgan fingerprint density at radius 1 is 1.12 bits per heavy atom. The van der Waals surface area contributed by atoms with Crippen molar-refractivity contribution in [2.45, 2.75) is 40.7 Å². The number of esters is 2. The molecule has 0 N–H and O–H groups in total. The molecule has 0 saturated heterocycles. The summed E-state index contributed by atoms with van der Waals surface area (Å²) < 4.78 is 24.1. The second-order valence-electron chi connectivity index (χ2n) is 9.55. The third-order valence-corrected chi connectivity index (χ3v) is 7.03. The Morgan fingerprint density at radius 3 is 2.55 bits per heavy atom. The Labute approximate surface area is 236 Å². The second-order valence-corrected chi connectivity index (χ2v) is 10.6. The van der Waals surface area contributed by atoms with E-state index in [1.165, 1.54) is 22.8 Å². The molecule has 4 rings (SSSR count). The van der Waals surface area contributed by atoms with Gasteiger partial charge in [-0.15, -0.1) is 0 Å². The lowest BCUT2D eigenvalue weighted by atomic mass is 9.95. The lowest BCUT2D eigenvalue weighted by Gasteiger charge is -2.25. The molecule has 1 aromatic heterocycles. The van der Waals surface area contributed by atoms with Crippen LogP contribution in [-0.2, 0) is 14.3 Å². The first kappa shape index (κ1) is 28.8. The highest BCUT2D eigenvalue weighted by Gasteiger charge is 2.34. The number of benzene rings is 2. The zero-order valence-corrected chi connectivity index (χ0v) is 24.2. The predicted octanol–water partition coefficient (Wildman–Crippen LogP) is 3.77. The molecular weight excluding hydrogens is 532 g/mol. The Balaban J connectivity index is 1.95. The monoisotopic (exact) mass is 564 g/mol. The van der Waals surface area contributed by atoms with Gasteiger partial charge in [0.05, 0.1) is 42.2 Å². The van der Waals surface area contributed by atoms with Gasteiger partial charge in [0.1, 0.15) is 5.75 Å². The van der Waals surface area contributed by atoms with Crippen molar-refractivity contribution in [2.24, 2.45) is 10.9 Å². The van der Waals surface area contributed by atoms with E-state index in [0.717, 1.165) is 5.56 Å². The SMILES string of the molecule is CCOc1cc(C2C(C(=O)OCC(C)C)=C(C)N=c3sc(=Cc4ccccc4OC)c(=O)n32)ccc1OC(C)=O. The fraction of sp³-hybridized carbons (Fsp3) is 0.333. The summed E-state index contributed by atoms with van der Waals surface area (Å²) in [6.45, 7) is 9.27. The summed E-state index contributed by atoms with van der Waals surface area (Å²) >= 11 is 1.22. The van der Waals surface area contributed by atoms with Crippen molar-refractivity contribution in [3.05, 3.63) is 84.5 Å². The number of hydrogen-bond donors (Lipinski definition) is 0. The van der Waals surface area contributed by atoms with Crippen molar-refractivity contribution >= 4 is 29.4 Å². The molecule has 0 amide bonds. The van der Waals surface area contributed by atoms with Gasteiger partial charge in [-0.2, -0.15) is 0 Å². The average Bonchev–Trinajstić information content (AvgIpc) is 3.21. The van der Waals surface area contributed by atoms with E-state index >= 15 is 0 Å². The fourth-order valence-corrected chi connectivity index (χ4v) is 5.38. The van der Waals surface area contributed by atoms with Gasteiger partial charge >= 0.3 is 11.9 Å². The van der Waals surface area contributed by atoms with Crippen LogP contribution >= 0.6 is 11.3 Å². The maximum atomic E-state index is 13.9. The highest BCUT2D eigenvalue weighted by Crippen LogP contribution is 2.36. The first-order chi connectivity index (χ1) is 19.1. The molecule has 0 bridgehead atoms. The van der Waals surface area contributed by atoms with E-state index in [0.29, 0.717) is 38.7 Å². The molecule has 0 fully saturated rings. The minimum Gasteiger partial charge on any atom is -0.496 e. The fourth-order valence-electron chi connectivity index (χ4n) is 4.35. The van der Waals surface area contributed by atoms with Gasteiger partial charge in [0.15, 0.2) is 16.3 Å². The molecule has 1 atom stereocenters. The molecule has 0 spiro atoms. The molecule has 0 radical (unpaired) electrons. The van der Waals surface area contributed by atoms with E-state index in [1.54, 1.807) is 38.3 Å². The number of para-hydroxylation sites is 1. The van der Waals surface area contributed by atoms with Crippen molar-refractivity contribution in [1.29, 1.82) is 0 Å². The predicted molar refractivity (Wildman–Crippen MR) is 151 cm³/mol. The minimum atomic E-state index is -0.846. The van der Waals surface area contributed by atoms with Crippen molar-refractivity contribution in [2.75, 3.05) is 20.3 Å². The van der Waals surface area contributed by atoms with Crippen LogP contribution in [0.1, 0.15) is 51.8 Å². The zero-order chi connectivity index (χ0) is 29.0. The molecule has 9 nitrogen and oxygen atoms in total. The van der Waals surface area contributed by atoms with Crippen LogP contribution in [0.5, 0.6) is 17.2 Å². The summed E-state index contributed by atoms with van der Waals surface area (Å²) in [4.78, 5) is 44.1. The molecule has 1 aliphatic heterocycles. The maximum Gasteiger partial charge on any atom is 0.338 e. The van der Waals surface area contributed by atoms with Gasteiger partial charge in [0, 0.05) is 12.5 Å². The van der Waals surface area contributed by atoms with E-state index < -0.39 is 18.0 Å². The second kappa shape index (κ2) is 12.3. The van der Waals surface area contributed by atoms with Crippen molar-refractivity contribution in [3.63, 3.8) is 0 Å².